The summed E-state index contributed by atoms with van der Waals surface area (Å²) < 4.78 is 0. The van der Waals surface area contributed by atoms with Gasteiger partial charge in [0.05, 0.1) is 11.9 Å². The number of nitrogen functional groups attached to an aromatic ring is 1. The van der Waals surface area contributed by atoms with Gasteiger partial charge in [0.1, 0.15) is 5.69 Å². The van der Waals surface area contributed by atoms with E-state index < -0.39 is 0 Å². The van der Waals surface area contributed by atoms with Crippen molar-refractivity contribution in [2.24, 2.45) is 5.92 Å². The van der Waals surface area contributed by atoms with E-state index in [1.54, 1.807) is 12.1 Å². The van der Waals surface area contributed by atoms with Gasteiger partial charge in [0, 0.05) is 6.54 Å². The highest BCUT2D eigenvalue weighted by Crippen LogP contribution is 2.05. The Morgan fingerprint density at radius 2 is 2.18 bits per heavy atom. The first-order valence-electron chi connectivity index (χ1n) is 6.09. The molecule has 1 amide bonds. The Hall–Kier alpha value is -1.58. The van der Waals surface area contributed by atoms with E-state index in [9.17, 15) is 4.79 Å². The van der Waals surface area contributed by atoms with E-state index in [0.717, 1.165) is 18.8 Å². The van der Waals surface area contributed by atoms with Gasteiger partial charge in [0.15, 0.2) is 0 Å². The van der Waals surface area contributed by atoms with Crippen molar-refractivity contribution in [2.45, 2.75) is 33.1 Å². The number of anilines is 1. The molecule has 0 bridgehead atoms. The van der Waals surface area contributed by atoms with Gasteiger partial charge in [-0.15, -0.1) is 0 Å². The number of pyridine rings is 1. The molecule has 94 valence electrons. The summed E-state index contributed by atoms with van der Waals surface area (Å²) in [5.74, 6) is 0.596. The van der Waals surface area contributed by atoms with Crippen LogP contribution in [0.5, 0.6) is 0 Å². The number of carbonyl (C=O) groups excluding carboxylic acids is 1. The quantitative estimate of drug-likeness (QED) is 0.743. The number of nitrogens with zero attached hydrogens (tertiary/aromatic N) is 1. The monoisotopic (exact) mass is 235 g/mol. The summed E-state index contributed by atoms with van der Waals surface area (Å²) in [5.41, 5.74) is 6.49. The second-order valence-corrected chi connectivity index (χ2v) is 4.62. The van der Waals surface area contributed by atoms with Gasteiger partial charge in [0.25, 0.3) is 5.91 Å². The molecule has 0 aliphatic carbocycles. The summed E-state index contributed by atoms with van der Waals surface area (Å²) in [6.07, 6.45) is 4.86. The zero-order chi connectivity index (χ0) is 12.7. The first kappa shape index (κ1) is 13.5. The minimum Gasteiger partial charge on any atom is -0.397 e. The minimum atomic E-state index is -0.130. The maximum absolute atomic E-state index is 11.6. The Bertz CT molecular complexity index is 346. The van der Waals surface area contributed by atoms with Crippen LogP contribution in [0.1, 0.15) is 43.6 Å². The number of nitrogens with one attached hydrogen (secondary N) is 1. The molecule has 1 aromatic rings. The Morgan fingerprint density at radius 3 is 2.76 bits per heavy atom. The molecule has 0 saturated heterocycles. The van der Waals surface area contributed by atoms with Crippen LogP contribution in [0.15, 0.2) is 18.3 Å². The van der Waals surface area contributed by atoms with Crippen LogP contribution < -0.4 is 11.1 Å². The maximum Gasteiger partial charge on any atom is 0.269 e. The number of unbranched alkanes of at least 4 members (excludes halogenated alkanes) is 1. The van der Waals surface area contributed by atoms with Crippen LogP contribution in [0.3, 0.4) is 0 Å². The molecule has 0 saturated carbocycles. The van der Waals surface area contributed by atoms with Crippen molar-refractivity contribution in [2.75, 3.05) is 12.3 Å². The number of rotatable bonds is 6. The van der Waals surface area contributed by atoms with Crippen molar-refractivity contribution in [1.82, 2.24) is 10.3 Å². The second kappa shape index (κ2) is 6.89. The molecule has 0 aliphatic rings. The highest BCUT2D eigenvalue weighted by atomic mass is 16.1. The number of nitrogens with two attached hydrogens (primary N) is 1. The number of hydrogen-bond donors (Lipinski definition) is 2. The summed E-state index contributed by atoms with van der Waals surface area (Å²) in [4.78, 5) is 15.6. The summed E-state index contributed by atoms with van der Waals surface area (Å²) in [5, 5.41) is 2.85. The average molecular weight is 235 g/mol. The van der Waals surface area contributed by atoms with E-state index in [4.69, 9.17) is 5.73 Å². The summed E-state index contributed by atoms with van der Waals surface area (Å²) in [6, 6.07) is 3.32. The van der Waals surface area contributed by atoms with Crippen molar-refractivity contribution < 1.29 is 4.79 Å². The molecule has 1 heterocycles. The van der Waals surface area contributed by atoms with Crippen molar-refractivity contribution in [3.63, 3.8) is 0 Å². The zero-order valence-electron chi connectivity index (χ0n) is 10.6. The van der Waals surface area contributed by atoms with Crippen LogP contribution >= 0.6 is 0 Å². The Labute approximate surface area is 103 Å². The first-order chi connectivity index (χ1) is 8.09. The van der Waals surface area contributed by atoms with Crippen molar-refractivity contribution in [3.8, 4) is 0 Å². The van der Waals surface area contributed by atoms with E-state index in [0.29, 0.717) is 17.9 Å². The fraction of sp³-hybridized carbons (Fsp3) is 0.538. The van der Waals surface area contributed by atoms with Crippen LogP contribution in [0.25, 0.3) is 0 Å². The first-order valence-corrected chi connectivity index (χ1v) is 6.09. The molecule has 0 spiro atoms. The van der Waals surface area contributed by atoms with Gasteiger partial charge in [-0.3, -0.25) is 4.79 Å². The van der Waals surface area contributed by atoms with Gasteiger partial charge >= 0.3 is 0 Å². The van der Waals surface area contributed by atoms with Crippen LogP contribution in [-0.4, -0.2) is 17.4 Å². The standard InChI is InChI=1S/C13H21N3O/c1-10(2)5-3-4-8-15-13(17)12-7-6-11(14)9-16-12/h6-7,9-10H,3-5,8,14H2,1-2H3,(H,15,17). The van der Waals surface area contributed by atoms with Crippen molar-refractivity contribution in [3.05, 3.63) is 24.0 Å². The lowest BCUT2D eigenvalue weighted by Gasteiger charge is -2.06. The lowest BCUT2D eigenvalue weighted by Crippen LogP contribution is -2.25. The molecule has 4 heteroatoms. The minimum absolute atomic E-state index is 0.130. The Balaban J connectivity index is 2.23. The third kappa shape index (κ3) is 5.33. The highest BCUT2D eigenvalue weighted by Gasteiger charge is 2.05. The molecule has 3 N–H and O–H groups in total. The number of hydrogen-bond acceptors (Lipinski definition) is 3. The summed E-state index contributed by atoms with van der Waals surface area (Å²) in [7, 11) is 0. The van der Waals surface area contributed by atoms with Gasteiger partial charge in [-0.05, 0) is 24.5 Å². The average Bonchev–Trinajstić information content (AvgIpc) is 2.29. The third-order valence-corrected chi connectivity index (χ3v) is 2.51. The zero-order valence-corrected chi connectivity index (χ0v) is 10.6. The normalized spacial score (nSPS) is 10.5. The van der Waals surface area contributed by atoms with E-state index >= 15 is 0 Å². The predicted octanol–water partition coefficient (Wildman–Crippen LogP) is 2.22. The number of aromatic nitrogens is 1. The molecule has 0 radical (unpaired) electrons. The molecule has 0 unspecified atom stereocenters. The molecule has 1 aromatic heterocycles. The molecular formula is C13H21N3O. The van der Waals surface area contributed by atoms with Crippen LogP contribution in [0.4, 0.5) is 5.69 Å². The number of carbonyl (C=O) groups is 1. The largest absolute Gasteiger partial charge is 0.397 e. The molecule has 0 aromatic carbocycles. The highest BCUT2D eigenvalue weighted by molar-refractivity contribution is 5.92. The van der Waals surface area contributed by atoms with Crippen LogP contribution in [-0.2, 0) is 0 Å². The van der Waals surface area contributed by atoms with Gasteiger partial charge in [0.2, 0.25) is 0 Å². The molecule has 1 rings (SSSR count). The van der Waals surface area contributed by atoms with E-state index in [1.807, 2.05) is 0 Å². The lowest BCUT2D eigenvalue weighted by molar-refractivity contribution is 0.0948. The Kier molecular flexibility index (Phi) is 5.46. The molecule has 0 atom stereocenters. The fourth-order valence-electron chi connectivity index (χ4n) is 1.51. The Morgan fingerprint density at radius 1 is 1.41 bits per heavy atom. The SMILES string of the molecule is CC(C)CCCCNC(=O)c1ccc(N)cn1. The van der Waals surface area contributed by atoms with E-state index in [1.165, 1.54) is 12.6 Å². The fourth-order valence-corrected chi connectivity index (χ4v) is 1.51. The molecular weight excluding hydrogens is 214 g/mol. The molecule has 0 aliphatic heterocycles. The summed E-state index contributed by atoms with van der Waals surface area (Å²) in [6.45, 7) is 5.12. The molecule has 4 nitrogen and oxygen atoms in total. The number of amides is 1. The smallest absolute Gasteiger partial charge is 0.269 e. The molecule has 0 fully saturated rings. The second-order valence-electron chi connectivity index (χ2n) is 4.62. The van der Waals surface area contributed by atoms with Gasteiger partial charge in [-0.25, -0.2) is 4.98 Å². The topological polar surface area (TPSA) is 68.0 Å². The molecule has 17 heavy (non-hydrogen) atoms. The predicted molar refractivity (Wildman–Crippen MR) is 69.7 cm³/mol. The van der Waals surface area contributed by atoms with E-state index in [2.05, 4.69) is 24.1 Å². The van der Waals surface area contributed by atoms with Gasteiger partial charge in [-0.1, -0.05) is 26.7 Å². The lowest BCUT2D eigenvalue weighted by atomic mass is 10.1. The van der Waals surface area contributed by atoms with Gasteiger partial charge in [-0.2, -0.15) is 0 Å². The van der Waals surface area contributed by atoms with Crippen LogP contribution in [0, 0.1) is 5.92 Å². The van der Waals surface area contributed by atoms with Gasteiger partial charge < -0.3 is 11.1 Å². The van der Waals surface area contributed by atoms with Crippen LogP contribution in [0.2, 0.25) is 0 Å². The summed E-state index contributed by atoms with van der Waals surface area (Å²) >= 11 is 0. The third-order valence-electron chi connectivity index (χ3n) is 2.51. The van der Waals surface area contributed by atoms with Crippen molar-refractivity contribution >= 4 is 11.6 Å². The maximum atomic E-state index is 11.6. The van der Waals surface area contributed by atoms with E-state index in [-0.39, 0.29) is 5.91 Å². The van der Waals surface area contributed by atoms with Crippen molar-refractivity contribution in [1.29, 1.82) is 0 Å².